The lowest BCUT2D eigenvalue weighted by Crippen LogP contribution is -2.02. The first-order valence-electron chi connectivity index (χ1n) is 5.69. The molecule has 0 aliphatic carbocycles. The van der Waals surface area contributed by atoms with Gasteiger partial charge in [0.05, 0.1) is 0 Å². The fourth-order valence-electron chi connectivity index (χ4n) is 1.92. The minimum Gasteiger partial charge on any atom is -0.383 e. The van der Waals surface area contributed by atoms with Crippen LogP contribution in [0.15, 0.2) is 22.7 Å². The summed E-state index contributed by atoms with van der Waals surface area (Å²) in [4.78, 5) is 4.63. The molecular formula is C13H15BrClN3. The highest BCUT2D eigenvalue weighted by Crippen LogP contribution is 2.34. The molecule has 0 amide bonds. The van der Waals surface area contributed by atoms with Gasteiger partial charge in [0.15, 0.2) is 0 Å². The van der Waals surface area contributed by atoms with E-state index in [1.807, 2.05) is 29.8 Å². The van der Waals surface area contributed by atoms with E-state index in [0.717, 1.165) is 21.6 Å². The first kappa shape index (κ1) is 13.4. The number of hydrogen-bond donors (Lipinski definition) is 1. The molecule has 0 unspecified atom stereocenters. The first-order chi connectivity index (χ1) is 8.41. The third-order valence-corrected chi connectivity index (χ3v) is 3.80. The molecule has 0 fully saturated rings. The van der Waals surface area contributed by atoms with Crippen LogP contribution in [0.1, 0.15) is 25.6 Å². The van der Waals surface area contributed by atoms with Crippen molar-refractivity contribution in [3.05, 3.63) is 33.5 Å². The number of nitrogen functional groups attached to an aromatic ring is 1. The minimum atomic E-state index is 0.323. The maximum atomic E-state index is 6.13. The van der Waals surface area contributed by atoms with E-state index in [9.17, 15) is 0 Å². The average molecular weight is 329 g/mol. The lowest BCUT2D eigenvalue weighted by Gasteiger charge is -2.05. The number of anilines is 1. The Morgan fingerprint density at radius 1 is 1.39 bits per heavy atom. The molecule has 0 radical (unpaired) electrons. The van der Waals surface area contributed by atoms with Crippen molar-refractivity contribution in [3.63, 3.8) is 0 Å². The molecule has 2 N–H and O–H groups in total. The second kappa shape index (κ2) is 4.94. The van der Waals surface area contributed by atoms with Crippen molar-refractivity contribution in [2.75, 3.05) is 5.73 Å². The first-order valence-corrected chi connectivity index (χ1v) is 6.86. The van der Waals surface area contributed by atoms with Crippen molar-refractivity contribution in [3.8, 4) is 11.3 Å². The van der Waals surface area contributed by atoms with Crippen molar-refractivity contribution in [1.29, 1.82) is 0 Å². The highest BCUT2D eigenvalue weighted by molar-refractivity contribution is 9.10. The van der Waals surface area contributed by atoms with Crippen molar-refractivity contribution in [2.24, 2.45) is 7.05 Å². The second-order valence-electron chi connectivity index (χ2n) is 4.54. The Hall–Kier alpha value is -1.00. The number of nitrogens with zero attached hydrogens (tertiary/aromatic N) is 2. The van der Waals surface area contributed by atoms with Gasteiger partial charge in [-0.1, -0.05) is 41.4 Å². The smallest absolute Gasteiger partial charge is 0.131 e. The van der Waals surface area contributed by atoms with Gasteiger partial charge in [-0.3, -0.25) is 0 Å². The summed E-state index contributed by atoms with van der Waals surface area (Å²) in [6.45, 7) is 4.19. The van der Waals surface area contributed by atoms with Gasteiger partial charge in [0.25, 0.3) is 0 Å². The number of halogens is 2. The molecule has 0 saturated carbocycles. The highest BCUT2D eigenvalue weighted by Gasteiger charge is 2.17. The van der Waals surface area contributed by atoms with Crippen LogP contribution in [-0.2, 0) is 7.05 Å². The second-order valence-corrected chi connectivity index (χ2v) is 5.83. The average Bonchev–Trinajstić information content (AvgIpc) is 2.60. The van der Waals surface area contributed by atoms with E-state index in [1.165, 1.54) is 0 Å². The summed E-state index contributed by atoms with van der Waals surface area (Å²) < 4.78 is 2.86. The zero-order valence-corrected chi connectivity index (χ0v) is 12.9. The number of rotatable bonds is 2. The maximum absolute atomic E-state index is 6.13. The fourth-order valence-corrected chi connectivity index (χ4v) is 2.53. The monoisotopic (exact) mass is 327 g/mol. The molecule has 0 aliphatic heterocycles. The largest absolute Gasteiger partial charge is 0.383 e. The molecule has 18 heavy (non-hydrogen) atoms. The quantitative estimate of drug-likeness (QED) is 0.897. The zero-order chi connectivity index (χ0) is 13.4. The number of hydrogen-bond acceptors (Lipinski definition) is 2. The molecular weight excluding hydrogens is 314 g/mol. The van der Waals surface area contributed by atoms with Gasteiger partial charge in [0.1, 0.15) is 17.3 Å². The van der Waals surface area contributed by atoms with Crippen LogP contribution < -0.4 is 5.73 Å². The van der Waals surface area contributed by atoms with Crippen LogP contribution in [0.2, 0.25) is 5.02 Å². The Morgan fingerprint density at radius 2 is 2.06 bits per heavy atom. The van der Waals surface area contributed by atoms with E-state index in [2.05, 4.69) is 34.8 Å². The summed E-state index contributed by atoms with van der Waals surface area (Å²) in [6, 6.07) is 5.60. The SMILES string of the molecule is CC(C)c1nc(-c2cc(Cl)ccc2Br)c(N)n1C. The Labute approximate surface area is 120 Å². The standard InChI is InChI=1S/C13H15BrClN3/c1-7(2)13-17-11(12(16)18(13)3)9-6-8(15)4-5-10(9)14/h4-7H,16H2,1-3H3. The van der Waals surface area contributed by atoms with Gasteiger partial charge in [0.2, 0.25) is 0 Å². The molecule has 1 heterocycles. The summed E-state index contributed by atoms with van der Waals surface area (Å²) >= 11 is 9.54. The fraction of sp³-hybridized carbons (Fsp3) is 0.308. The molecule has 1 aromatic heterocycles. The van der Waals surface area contributed by atoms with Gasteiger partial charge in [-0.25, -0.2) is 4.98 Å². The van der Waals surface area contributed by atoms with Gasteiger partial charge >= 0.3 is 0 Å². The molecule has 2 aromatic rings. The number of benzene rings is 1. The van der Waals surface area contributed by atoms with Gasteiger partial charge in [-0.05, 0) is 18.2 Å². The van der Waals surface area contributed by atoms with Crippen LogP contribution in [0.25, 0.3) is 11.3 Å². The van der Waals surface area contributed by atoms with Crippen LogP contribution in [-0.4, -0.2) is 9.55 Å². The van der Waals surface area contributed by atoms with Crippen LogP contribution >= 0.6 is 27.5 Å². The summed E-state index contributed by atoms with van der Waals surface area (Å²) in [5.74, 6) is 1.94. The van der Waals surface area contributed by atoms with Crippen molar-refractivity contribution in [2.45, 2.75) is 19.8 Å². The van der Waals surface area contributed by atoms with Gasteiger partial charge in [-0.2, -0.15) is 0 Å². The molecule has 0 bridgehead atoms. The zero-order valence-electron chi connectivity index (χ0n) is 10.5. The number of imidazole rings is 1. The molecule has 0 saturated heterocycles. The highest BCUT2D eigenvalue weighted by atomic mass is 79.9. The summed E-state index contributed by atoms with van der Waals surface area (Å²) in [5.41, 5.74) is 7.82. The van der Waals surface area contributed by atoms with Crippen LogP contribution in [0, 0.1) is 0 Å². The summed E-state index contributed by atoms with van der Waals surface area (Å²) in [6.07, 6.45) is 0. The van der Waals surface area contributed by atoms with Gasteiger partial charge in [0, 0.05) is 28.0 Å². The molecule has 0 atom stereocenters. The van der Waals surface area contributed by atoms with E-state index in [0.29, 0.717) is 16.8 Å². The summed E-state index contributed by atoms with van der Waals surface area (Å²) in [5, 5.41) is 0.671. The number of aromatic nitrogens is 2. The lowest BCUT2D eigenvalue weighted by atomic mass is 10.1. The molecule has 5 heteroatoms. The Balaban J connectivity index is 2.64. The van der Waals surface area contributed by atoms with E-state index in [4.69, 9.17) is 17.3 Å². The van der Waals surface area contributed by atoms with Crippen LogP contribution in [0.5, 0.6) is 0 Å². The van der Waals surface area contributed by atoms with Crippen molar-refractivity contribution >= 4 is 33.3 Å². The predicted octanol–water partition coefficient (Wildman–Crippen LogP) is 4.21. The normalized spacial score (nSPS) is 11.2. The van der Waals surface area contributed by atoms with Crippen molar-refractivity contribution < 1.29 is 0 Å². The topological polar surface area (TPSA) is 43.8 Å². The molecule has 0 aliphatic rings. The Bertz CT molecular complexity index is 590. The van der Waals surface area contributed by atoms with Crippen LogP contribution in [0.3, 0.4) is 0 Å². The Kier molecular flexibility index (Phi) is 3.69. The molecule has 96 valence electrons. The van der Waals surface area contributed by atoms with Crippen molar-refractivity contribution in [1.82, 2.24) is 9.55 Å². The number of nitrogens with two attached hydrogens (primary N) is 1. The molecule has 0 spiro atoms. The predicted molar refractivity (Wildman–Crippen MR) is 79.9 cm³/mol. The van der Waals surface area contributed by atoms with E-state index >= 15 is 0 Å². The van der Waals surface area contributed by atoms with Crippen LogP contribution in [0.4, 0.5) is 5.82 Å². The Morgan fingerprint density at radius 3 is 2.61 bits per heavy atom. The lowest BCUT2D eigenvalue weighted by molar-refractivity contribution is 0.715. The summed E-state index contributed by atoms with van der Waals surface area (Å²) in [7, 11) is 1.93. The molecule has 2 rings (SSSR count). The van der Waals surface area contributed by atoms with E-state index in [-0.39, 0.29) is 0 Å². The minimum absolute atomic E-state index is 0.323. The maximum Gasteiger partial charge on any atom is 0.131 e. The molecule has 3 nitrogen and oxygen atoms in total. The third-order valence-electron chi connectivity index (χ3n) is 2.87. The van der Waals surface area contributed by atoms with Gasteiger partial charge < -0.3 is 10.3 Å². The van der Waals surface area contributed by atoms with Gasteiger partial charge in [-0.15, -0.1) is 0 Å². The third kappa shape index (κ3) is 2.27. The molecule has 1 aromatic carbocycles. The van der Waals surface area contributed by atoms with E-state index in [1.54, 1.807) is 0 Å². The van der Waals surface area contributed by atoms with E-state index < -0.39 is 0 Å².